The third-order valence-electron chi connectivity index (χ3n) is 7.44. The number of hydrogen-bond donors (Lipinski definition) is 3. The Labute approximate surface area is 255 Å². The van der Waals surface area contributed by atoms with E-state index in [-0.39, 0.29) is 12.1 Å². The number of methoxy groups -OCH3 is 1. The van der Waals surface area contributed by atoms with Crippen molar-refractivity contribution in [1.82, 2.24) is 16.0 Å². The summed E-state index contributed by atoms with van der Waals surface area (Å²) >= 11 is 0. The number of nitrogens with one attached hydrogen (secondary N) is 3. The summed E-state index contributed by atoms with van der Waals surface area (Å²) in [6.45, 7) is 4.99. The minimum absolute atomic E-state index is 0.0662. The molecule has 0 aliphatic carbocycles. The first-order valence-corrected chi connectivity index (χ1v) is 15.1. The number of carbonyl (C=O) groups excluding carboxylic acids is 1. The van der Waals surface area contributed by atoms with Gasteiger partial charge in [0.05, 0.1) is 39.6 Å². The molecule has 0 radical (unpaired) electrons. The molecule has 1 aliphatic heterocycles. The van der Waals surface area contributed by atoms with Gasteiger partial charge in [-0.3, -0.25) is 0 Å². The molecule has 4 rings (SSSR count). The van der Waals surface area contributed by atoms with Crippen LogP contribution in [-0.2, 0) is 22.5 Å². The number of carbonyl (C=O) groups is 1. The van der Waals surface area contributed by atoms with Gasteiger partial charge in [-0.05, 0) is 54.8 Å². The van der Waals surface area contributed by atoms with Crippen LogP contribution in [0.1, 0.15) is 35.4 Å². The third kappa shape index (κ3) is 10.5. The second-order valence-corrected chi connectivity index (χ2v) is 10.4. The molecular formula is C34H45N3O6. The molecule has 9 heteroatoms. The lowest BCUT2D eigenvalue weighted by atomic mass is 9.88. The van der Waals surface area contributed by atoms with Gasteiger partial charge in [-0.1, -0.05) is 48.5 Å². The minimum atomic E-state index is -0.188. The van der Waals surface area contributed by atoms with E-state index < -0.39 is 0 Å². The Morgan fingerprint density at radius 3 is 2.44 bits per heavy atom. The fraction of sp³-hybridized carbons (Fsp3) is 0.441. The topological polar surface area (TPSA) is 99.3 Å². The van der Waals surface area contributed by atoms with Crippen LogP contribution in [0.3, 0.4) is 0 Å². The highest BCUT2D eigenvalue weighted by atomic mass is 16.5. The summed E-state index contributed by atoms with van der Waals surface area (Å²) in [5.74, 6) is 2.83. The van der Waals surface area contributed by atoms with Gasteiger partial charge >= 0.3 is 6.03 Å². The van der Waals surface area contributed by atoms with Crippen LogP contribution < -0.4 is 30.2 Å². The molecule has 1 saturated heterocycles. The van der Waals surface area contributed by atoms with Gasteiger partial charge in [-0.2, -0.15) is 0 Å². The molecule has 2 unspecified atom stereocenters. The van der Waals surface area contributed by atoms with Crippen molar-refractivity contribution >= 4 is 6.03 Å². The molecule has 43 heavy (non-hydrogen) atoms. The highest BCUT2D eigenvalue weighted by Gasteiger charge is 2.27. The molecule has 1 fully saturated rings. The summed E-state index contributed by atoms with van der Waals surface area (Å²) in [7, 11) is 3.28. The van der Waals surface area contributed by atoms with Gasteiger partial charge in [-0.25, -0.2) is 4.79 Å². The molecular weight excluding hydrogens is 546 g/mol. The van der Waals surface area contributed by atoms with E-state index in [1.165, 1.54) is 5.56 Å². The Bertz CT molecular complexity index is 1240. The summed E-state index contributed by atoms with van der Waals surface area (Å²) in [6.07, 6.45) is 2.57. The van der Waals surface area contributed by atoms with Crippen molar-refractivity contribution < 1.29 is 28.5 Å². The predicted octanol–water partition coefficient (Wildman–Crippen LogP) is 4.69. The van der Waals surface area contributed by atoms with E-state index in [1.807, 2.05) is 60.7 Å². The van der Waals surface area contributed by atoms with Gasteiger partial charge in [-0.15, -0.1) is 0 Å². The van der Waals surface area contributed by atoms with E-state index in [4.69, 9.17) is 23.7 Å². The number of ether oxygens (including phenoxy) is 5. The normalized spacial score (nSPS) is 16.3. The standard InChI is InChI=1S/C34H45N3O6/c1-35-34(38)37-19-16-27-8-3-6-11-32(27)42-22-23-43-33-24-36-18-17-30(33)26-12-14-29(15-13-26)41-21-7-20-40-25-28-9-4-5-10-31(28)39-2/h3-6,8-15,30,33,36H,7,16-25H2,1-2H3,(H2,35,37,38). The smallest absolute Gasteiger partial charge is 0.314 e. The highest BCUT2D eigenvalue weighted by molar-refractivity contribution is 5.73. The molecule has 1 aliphatic rings. The lowest BCUT2D eigenvalue weighted by molar-refractivity contribution is 0.00721. The zero-order valence-corrected chi connectivity index (χ0v) is 25.3. The lowest BCUT2D eigenvalue weighted by Crippen LogP contribution is -2.41. The van der Waals surface area contributed by atoms with Crippen molar-refractivity contribution in [2.24, 2.45) is 0 Å². The Hall–Kier alpha value is -3.79. The molecule has 0 aromatic heterocycles. The Balaban J connectivity index is 1.16. The number of hydrogen-bond acceptors (Lipinski definition) is 7. The van der Waals surface area contributed by atoms with E-state index in [0.717, 1.165) is 54.3 Å². The second kappa shape index (κ2) is 18.0. The summed E-state index contributed by atoms with van der Waals surface area (Å²) in [5, 5.41) is 8.84. The maximum absolute atomic E-state index is 11.4. The van der Waals surface area contributed by atoms with Crippen molar-refractivity contribution in [2.75, 3.05) is 60.2 Å². The van der Waals surface area contributed by atoms with E-state index in [9.17, 15) is 4.79 Å². The van der Waals surface area contributed by atoms with Crippen molar-refractivity contribution in [3.8, 4) is 17.2 Å². The highest BCUT2D eigenvalue weighted by Crippen LogP contribution is 2.29. The summed E-state index contributed by atoms with van der Waals surface area (Å²) in [4.78, 5) is 11.4. The maximum atomic E-state index is 11.4. The summed E-state index contributed by atoms with van der Waals surface area (Å²) in [6, 6.07) is 24.0. The van der Waals surface area contributed by atoms with E-state index in [1.54, 1.807) is 14.2 Å². The number of piperidine rings is 1. The molecule has 9 nitrogen and oxygen atoms in total. The Morgan fingerprint density at radius 2 is 1.65 bits per heavy atom. The minimum Gasteiger partial charge on any atom is -0.496 e. The van der Waals surface area contributed by atoms with Crippen LogP contribution in [-0.4, -0.2) is 72.4 Å². The average Bonchev–Trinajstić information content (AvgIpc) is 3.06. The largest absolute Gasteiger partial charge is 0.496 e. The fourth-order valence-corrected chi connectivity index (χ4v) is 5.15. The number of benzene rings is 3. The SMILES string of the molecule is CNC(=O)NCCc1ccccc1OCCOC1CNCCC1c1ccc(OCCCOCc2ccccc2OC)cc1. The molecule has 2 atom stereocenters. The van der Waals surface area contributed by atoms with Crippen LogP contribution in [0.5, 0.6) is 17.2 Å². The lowest BCUT2D eigenvalue weighted by Gasteiger charge is -2.32. The average molecular weight is 592 g/mol. The zero-order valence-electron chi connectivity index (χ0n) is 25.3. The van der Waals surface area contributed by atoms with Crippen molar-refractivity contribution in [3.05, 3.63) is 89.5 Å². The molecule has 0 saturated carbocycles. The van der Waals surface area contributed by atoms with Gasteiger partial charge in [0, 0.05) is 38.0 Å². The molecule has 1 heterocycles. The molecule has 0 bridgehead atoms. The number of para-hydroxylation sites is 2. The third-order valence-corrected chi connectivity index (χ3v) is 7.44. The molecule has 3 N–H and O–H groups in total. The van der Waals surface area contributed by atoms with Crippen LogP contribution in [0.25, 0.3) is 0 Å². The van der Waals surface area contributed by atoms with Crippen LogP contribution in [0.4, 0.5) is 4.79 Å². The first-order valence-electron chi connectivity index (χ1n) is 15.1. The number of urea groups is 1. The second-order valence-electron chi connectivity index (χ2n) is 10.4. The summed E-state index contributed by atoms with van der Waals surface area (Å²) < 4.78 is 29.5. The van der Waals surface area contributed by atoms with Crippen molar-refractivity contribution in [3.63, 3.8) is 0 Å². The molecule has 3 aromatic rings. The van der Waals surface area contributed by atoms with Crippen molar-refractivity contribution in [2.45, 2.75) is 37.9 Å². The van der Waals surface area contributed by atoms with E-state index in [0.29, 0.717) is 51.9 Å². The zero-order chi connectivity index (χ0) is 30.1. The molecule has 0 spiro atoms. The van der Waals surface area contributed by atoms with Crippen molar-refractivity contribution in [1.29, 1.82) is 0 Å². The van der Waals surface area contributed by atoms with Gasteiger partial charge in [0.15, 0.2) is 0 Å². The van der Waals surface area contributed by atoms with Crippen LogP contribution in [0, 0.1) is 0 Å². The molecule has 3 aromatic carbocycles. The molecule has 232 valence electrons. The quantitative estimate of drug-likeness (QED) is 0.196. The van der Waals surface area contributed by atoms with Gasteiger partial charge in [0.1, 0.15) is 23.9 Å². The van der Waals surface area contributed by atoms with E-state index >= 15 is 0 Å². The Kier molecular flexibility index (Phi) is 13.5. The maximum Gasteiger partial charge on any atom is 0.314 e. The van der Waals surface area contributed by atoms with Gasteiger partial charge in [0.2, 0.25) is 0 Å². The van der Waals surface area contributed by atoms with Crippen LogP contribution in [0.15, 0.2) is 72.8 Å². The fourth-order valence-electron chi connectivity index (χ4n) is 5.15. The number of rotatable bonds is 17. The molecule has 2 amide bonds. The summed E-state index contributed by atoms with van der Waals surface area (Å²) in [5.41, 5.74) is 3.36. The number of amides is 2. The monoisotopic (exact) mass is 591 g/mol. The van der Waals surface area contributed by atoms with Crippen LogP contribution in [0.2, 0.25) is 0 Å². The predicted molar refractivity (Wildman–Crippen MR) is 167 cm³/mol. The van der Waals surface area contributed by atoms with Crippen LogP contribution >= 0.6 is 0 Å². The van der Waals surface area contributed by atoms with E-state index in [2.05, 4.69) is 28.1 Å². The van der Waals surface area contributed by atoms with Gasteiger partial charge < -0.3 is 39.6 Å². The first-order chi connectivity index (χ1) is 21.2. The Morgan fingerprint density at radius 1 is 0.884 bits per heavy atom. The van der Waals surface area contributed by atoms with Gasteiger partial charge in [0.25, 0.3) is 0 Å². The first kappa shape index (κ1) is 32.1.